The highest BCUT2D eigenvalue weighted by molar-refractivity contribution is 5.96. The van der Waals surface area contributed by atoms with Gasteiger partial charge in [0, 0.05) is 24.7 Å². The van der Waals surface area contributed by atoms with Crippen molar-refractivity contribution < 1.29 is 9.72 Å². The summed E-state index contributed by atoms with van der Waals surface area (Å²) in [6.45, 7) is 4.36. The number of nitro benzene ring substituents is 1. The average molecular weight is 305 g/mol. The summed E-state index contributed by atoms with van der Waals surface area (Å²) in [6, 6.07) is 4.66. The van der Waals surface area contributed by atoms with E-state index in [-0.39, 0.29) is 17.6 Å². The molecule has 1 saturated carbocycles. The molecule has 120 valence electrons. The van der Waals surface area contributed by atoms with E-state index in [9.17, 15) is 14.9 Å². The summed E-state index contributed by atoms with van der Waals surface area (Å²) in [5.41, 5.74) is 0.651. The van der Waals surface area contributed by atoms with Gasteiger partial charge in [0.05, 0.1) is 4.92 Å². The summed E-state index contributed by atoms with van der Waals surface area (Å²) in [7, 11) is 1.62. The molecule has 2 rings (SSSR count). The lowest BCUT2D eigenvalue weighted by Gasteiger charge is -2.34. The third kappa shape index (κ3) is 3.37. The topological polar surface area (TPSA) is 84.3 Å². The molecular formula is C16H23N3O3. The molecule has 1 aromatic rings. The molecule has 0 aliphatic heterocycles. The minimum absolute atomic E-state index is 0.0831. The van der Waals surface area contributed by atoms with Crippen LogP contribution in [0.2, 0.25) is 0 Å². The van der Waals surface area contributed by atoms with Crippen molar-refractivity contribution >= 4 is 17.3 Å². The molecule has 0 saturated heterocycles. The van der Waals surface area contributed by atoms with Gasteiger partial charge in [-0.2, -0.15) is 0 Å². The van der Waals surface area contributed by atoms with Crippen LogP contribution in [0.4, 0.5) is 11.4 Å². The highest BCUT2D eigenvalue weighted by atomic mass is 16.6. The van der Waals surface area contributed by atoms with Crippen LogP contribution in [-0.4, -0.2) is 23.9 Å². The van der Waals surface area contributed by atoms with E-state index in [1.54, 1.807) is 19.2 Å². The first-order valence-electron chi connectivity index (χ1n) is 7.71. The quantitative estimate of drug-likeness (QED) is 0.661. The van der Waals surface area contributed by atoms with Crippen LogP contribution in [0.5, 0.6) is 0 Å². The first kappa shape index (κ1) is 16.3. The fourth-order valence-electron chi connectivity index (χ4n) is 3.07. The van der Waals surface area contributed by atoms with Gasteiger partial charge in [-0.1, -0.05) is 26.7 Å². The molecule has 1 aromatic carbocycles. The SMILES string of the molecule is CNc1ccc(C(=O)NC2CCCC(C)C2C)cc1[N+](=O)[O-]. The van der Waals surface area contributed by atoms with Gasteiger partial charge in [0.2, 0.25) is 0 Å². The number of nitro groups is 1. The van der Waals surface area contributed by atoms with E-state index >= 15 is 0 Å². The standard InChI is InChI=1S/C16H23N3O3/c1-10-5-4-6-13(11(10)2)18-16(20)12-7-8-14(17-3)15(9-12)19(21)22/h7-11,13,17H,4-6H2,1-3H3,(H,18,20). The number of nitrogens with one attached hydrogen (secondary N) is 2. The lowest BCUT2D eigenvalue weighted by molar-refractivity contribution is -0.384. The zero-order chi connectivity index (χ0) is 16.3. The van der Waals surface area contributed by atoms with Crippen molar-refractivity contribution in [1.29, 1.82) is 0 Å². The van der Waals surface area contributed by atoms with Crippen LogP contribution in [0.3, 0.4) is 0 Å². The Morgan fingerprint density at radius 3 is 2.68 bits per heavy atom. The molecule has 0 radical (unpaired) electrons. The van der Waals surface area contributed by atoms with Crippen molar-refractivity contribution in [1.82, 2.24) is 5.32 Å². The Morgan fingerprint density at radius 2 is 2.05 bits per heavy atom. The molecule has 1 aliphatic rings. The lowest BCUT2D eigenvalue weighted by atomic mass is 9.78. The number of benzene rings is 1. The zero-order valence-corrected chi connectivity index (χ0v) is 13.3. The number of anilines is 1. The van der Waals surface area contributed by atoms with Crippen molar-refractivity contribution in [3.63, 3.8) is 0 Å². The number of hydrogen-bond donors (Lipinski definition) is 2. The summed E-state index contributed by atoms with van der Waals surface area (Å²) in [5, 5.41) is 16.9. The van der Waals surface area contributed by atoms with Gasteiger partial charge in [0.15, 0.2) is 0 Å². The van der Waals surface area contributed by atoms with Gasteiger partial charge >= 0.3 is 0 Å². The van der Waals surface area contributed by atoms with Gasteiger partial charge in [-0.15, -0.1) is 0 Å². The predicted octanol–water partition coefficient (Wildman–Crippen LogP) is 3.19. The number of carbonyl (C=O) groups excluding carboxylic acids is 1. The molecule has 1 aliphatic carbocycles. The maximum Gasteiger partial charge on any atom is 0.293 e. The first-order valence-corrected chi connectivity index (χ1v) is 7.71. The van der Waals surface area contributed by atoms with Gasteiger partial charge in [-0.25, -0.2) is 0 Å². The van der Waals surface area contributed by atoms with Gasteiger partial charge in [0.25, 0.3) is 11.6 Å². The monoisotopic (exact) mass is 305 g/mol. The van der Waals surface area contributed by atoms with Crippen LogP contribution in [0.15, 0.2) is 18.2 Å². The van der Waals surface area contributed by atoms with Crippen molar-refractivity contribution in [2.75, 3.05) is 12.4 Å². The Hall–Kier alpha value is -2.11. The maximum atomic E-state index is 12.4. The van der Waals surface area contributed by atoms with Gasteiger partial charge in [0.1, 0.15) is 5.69 Å². The molecule has 0 aromatic heterocycles. The summed E-state index contributed by atoms with van der Waals surface area (Å²) in [6.07, 6.45) is 3.26. The zero-order valence-electron chi connectivity index (χ0n) is 13.3. The normalized spacial score (nSPS) is 24.6. The molecular weight excluding hydrogens is 282 g/mol. The molecule has 1 amide bonds. The minimum Gasteiger partial charge on any atom is -0.383 e. The van der Waals surface area contributed by atoms with E-state index < -0.39 is 4.92 Å². The largest absolute Gasteiger partial charge is 0.383 e. The van der Waals surface area contributed by atoms with Gasteiger partial charge < -0.3 is 10.6 Å². The molecule has 0 heterocycles. The second-order valence-electron chi connectivity index (χ2n) is 6.09. The van der Waals surface area contributed by atoms with Crippen LogP contribution in [0, 0.1) is 22.0 Å². The molecule has 22 heavy (non-hydrogen) atoms. The van der Waals surface area contributed by atoms with Gasteiger partial charge in [-0.05, 0) is 30.4 Å². The highest BCUT2D eigenvalue weighted by Gasteiger charge is 2.28. The van der Waals surface area contributed by atoms with E-state index in [2.05, 4.69) is 24.5 Å². The van der Waals surface area contributed by atoms with Crippen LogP contribution in [0.25, 0.3) is 0 Å². The van der Waals surface area contributed by atoms with E-state index in [1.165, 1.54) is 12.5 Å². The Labute approximate surface area is 130 Å². The maximum absolute atomic E-state index is 12.4. The summed E-state index contributed by atoms with van der Waals surface area (Å²) in [5.74, 6) is 0.765. The molecule has 0 bridgehead atoms. The number of rotatable bonds is 4. The Balaban J connectivity index is 2.16. The first-order chi connectivity index (χ1) is 10.4. The van der Waals surface area contributed by atoms with E-state index in [4.69, 9.17) is 0 Å². The molecule has 6 heteroatoms. The fraction of sp³-hybridized carbons (Fsp3) is 0.562. The Morgan fingerprint density at radius 1 is 1.32 bits per heavy atom. The smallest absolute Gasteiger partial charge is 0.293 e. The number of carbonyl (C=O) groups is 1. The number of amides is 1. The second kappa shape index (κ2) is 6.77. The average Bonchev–Trinajstić information content (AvgIpc) is 2.51. The summed E-state index contributed by atoms with van der Waals surface area (Å²) < 4.78 is 0. The molecule has 6 nitrogen and oxygen atoms in total. The molecule has 1 fully saturated rings. The third-order valence-corrected chi connectivity index (χ3v) is 4.75. The summed E-state index contributed by atoms with van der Waals surface area (Å²) >= 11 is 0. The van der Waals surface area contributed by atoms with Crippen molar-refractivity contribution in [2.45, 2.75) is 39.2 Å². The van der Waals surface area contributed by atoms with Crippen molar-refractivity contribution in [2.24, 2.45) is 11.8 Å². The molecule has 3 atom stereocenters. The Kier molecular flexibility index (Phi) is 5.00. The van der Waals surface area contributed by atoms with Crippen LogP contribution >= 0.6 is 0 Å². The molecule has 0 spiro atoms. The lowest BCUT2D eigenvalue weighted by Crippen LogP contribution is -2.43. The predicted molar refractivity (Wildman–Crippen MR) is 86.1 cm³/mol. The molecule has 2 N–H and O–H groups in total. The fourth-order valence-corrected chi connectivity index (χ4v) is 3.07. The van der Waals surface area contributed by atoms with Crippen molar-refractivity contribution in [3.8, 4) is 0 Å². The molecule has 3 unspecified atom stereocenters. The van der Waals surface area contributed by atoms with Gasteiger partial charge in [-0.3, -0.25) is 14.9 Å². The third-order valence-electron chi connectivity index (χ3n) is 4.75. The number of nitrogens with zero attached hydrogens (tertiary/aromatic N) is 1. The van der Waals surface area contributed by atoms with Crippen LogP contribution in [-0.2, 0) is 0 Å². The number of hydrogen-bond acceptors (Lipinski definition) is 4. The Bertz CT molecular complexity index is 574. The minimum atomic E-state index is -0.478. The highest BCUT2D eigenvalue weighted by Crippen LogP contribution is 2.30. The van der Waals surface area contributed by atoms with E-state index in [0.717, 1.165) is 12.8 Å². The van der Waals surface area contributed by atoms with Crippen molar-refractivity contribution in [3.05, 3.63) is 33.9 Å². The summed E-state index contributed by atoms with van der Waals surface area (Å²) in [4.78, 5) is 23.0. The second-order valence-corrected chi connectivity index (χ2v) is 6.09. The van der Waals surface area contributed by atoms with Crippen LogP contribution < -0.4 is 10.6 Å². The van der Waals surface area contributed by atoms with Crippen LogP contribution in [0.1, 0.15) is 43.5 Å². The van der Waals surface area contributed by atoms with E-state index in [0.29, 0.717) is 23.1 Å². The van der Waals surface area contributed by atoms with E-state index in [1.807, 2.05) is 0 Å².